The van der Waals surface area contributed by atoms with E-state index in [1.165, 1.54) is 11.6 Å². The molecule has 0 spiro atoms. The first kappa shape index (κ1) is 18.8. The smallest absolute Gasteiger partial charge is 0.218 e. The number of rotatable bonds is 4. The van der Waals surface area contributed by atoms with Gasteiger partial charge in [0.1, 0.15) is 29.4 Å². The minimum atomic E-state index is -0.357. The Morgan fingerprint density at radius 2 is 2.17 bits per heavy atom. The van der Waals surface area contributed by atoms with Crippen molar-refractivity contribution in [1.29, 1.82) is 5.41 Å². The Morgan fingerprint density at radius 3 is 2.93 bits per heavy atom. The largest absolute Gasteiger partial charge is 0.481 e. The zero-order valence-corrected chi connectivity index (χ0v) is 16.2. The van der Waals surface area contributed by atoms with Crippen molar-refractivity contribution >= 4 is 12.2 Å². The van der Waals surface area contributed by atoms with Crippen LogP contribution in [0.4, 0.5) is 4.39 Å². The fourth-order valence-electron chi connectivity index (χ4n) is 3.66. The van der Waals surface area contributed by atoms with Gasteiger partial charge < -0.3 is 14.6 Å². The molecule has 1 aromatic carbocycles. The van der Waals surface area contributed by atoms with Crippen molar-refractivity contribution in [2.24, 2.45) is 4.99 Å². The number of methoxy groups -OCH3 is 1. The van der Waals surface area contributed by atoms with E-state index in [0.717, 1.165) is 18.3 Å². The molecule has 0 unspecified atom stereocenters. The molecule has 0 radical (unpaired) electrons. The maximum atomic E-state index is 14.5. The molecular weight excluding hydrogens is 371 g/mol. The predicted octanol–water partition coefficient (Wildman–Crippen LogP) is 3.34. The lowest BCUT2D eigenvalue weighted by Gasteiger charge is -2.31. The number of H-pyrrole nitrogens is 1. The van der Waals surface area contributed by atoms with E-state index in [-0.39, 0.29) is 5.82 Å². The minimum Gasteiger partial charge on any atom is -0.481 e. The van der Waals surface area contributed by atoms with Crippen molar-refractivity contribution in [3.05, 3.63) is 65.0 Å². The SMILES string of the molecule is COc1nccc2c1CN(C(=NC=N)c1[nH]c(C)nc1-c1ccccc1F)CC2. The molecule has 0 bridgehead atoms. The summed E-state index contributed by atoms with van der Waals surface area (Å²) in [5.74, 6) is 1.41. The van der Waals surface area contributed by atoms with Gasteiger partial charge in [0, 0.05) is 23.9 Å². The highest BCUT2D eigenvalue weighted by atomic mass is 19.1. The fourth-order valence-corrected chi connectivity index (χ4v) is 3.66. The second-order valence-electron chi connectivity index (χ2n) is 6.74. The molecule has 148 valence electrons. The number of ether oxygens (including phenoxy) is 1. The van der Waals surface area contributed by atoms with Gasteiger partial charge in [0.25, 0.3) is 0 Å². The number of amidine groups is 1. The molecule has 2 aromatic heterocycles. The van der Waals surface area contributed by atoms with Crippen LogP contribution in [0.2, 0.25) is 0 Å². The summed E-state index contributed by atoms with van der Waals surface area (Å²) in [5.41, 5.74) is 3.62. The summed E-state index contributed by atoms with van der Waals surface area (Å²) in [7, 11) is 1.60. The van der Waals surface area contributed by atoms with Crippen LogP contribution in [0.15, 0.2) is 41.5 Å². The van der Waals surface area contributed by atoms with E-state index in [0.29, 0.717) is 47.6 Å². The van der Waals surface area contributed by atoms with E-state index in [1.54, 1.807) is 31.5 Å². The normalized spacial score (nSPS) is 13.9. The van der Waals surface area contributed by atoms with Gasteiger partial charge >= 0.3 is 0 Å². The number of nitrogens with zero attached hydrogens (tertiary/aromatic N) is 4. The zero-order valence-electron chi connectivity index (χ0n) is 16.2. The zero-order chi connectivity index (χ0) is 20.4. The van der Waals surface area contributed by atoms with Crippen LogP contribution in [0, 0.1) is 18.2 Å². The average molecular weight is 392 g/mol. The predicted molar refractivity (Wildman–Crippen MR) is 109 cm³/mol. The van der Waals surface area contributed by atoms with Gasteiger partial charge in [0.15, 0.2) is 5.84 Å². The molecule has 3 aromatic rings. The molecule has 0 aliphatic carbocycles. The number of hydrogen-bond donors (Lipinski definition) is 2. The Labute approximate surface area is 167 Å². The van der Waals surface area contributed by atoms with Crippen LogP contribution in [0.1, 0.15) is 22.6 Å². The van der Waals surface area contributed by atoms with Crippen LogP contribution in [0.25, 0.3) is 11.3 Å². The van der Waals surface area contributed by atoms with Crippen molar-refractivity contribution in [1.82, 2.24) is 19.9 Å². The Kier molecular flexibility index (Phi) is 5.07. The fraction of sp³-hybridized carbons (Fsp3) is 0.238. The summed E-state index contributed by atoms with van der Waals surface area (Å²) in [5, 5.41) is 7.56. The lowest BCUT2D eigenvalue weighted by molar-refractivity contribution is 0.353. The number of aryl methyl sites for hydroxylation is 1. The van der Waals surface area contributed by atoms with E-state index in [1.807, 2.05) is 17.9 Å². The molecule has 29 heavy (non-hydrogen) atoms. The number of halogens is 1. The summed E-state index contributed by atoms with van der Waals surface area (Å²) in [6, 6.07) is 8.51. The molecule has 8 heteroatoms. The Bertz CT molecular complexity index is 1080. The van der Waals surface area contributed by atoms with Crippen LogP contribution in [0.3, 0.4) is 0 Å². The molecule has 4 rings (SSSR count). The third-order valence-electron chi connectivity index (χ3n) is 4.97. The maximum Gasteiger partial charge on any atom is 0.218 e. The summed E-state index contributed by atoms with van der Waals surface area (Å²) < 4.78 is 19.9. The summed E-state index contributed by atoms with van der Waals surface area (Å²) in [6.45, 7) is 3.03. The Balaban J connectivity index is 1.78. The number of aromatic nitrogens is 3. The molecule has 0 atom stereocenters. The van der Waals surface area contributed by atoms with Gasteiger partial charge in [0.05, 0.1) is 13.7 Å². The van der Waals surface area contributed by atoms with E-state index in [9.17, 15) is 4.39 Å². The van der Waals surface area contributed by atoms with Gasteiger partial charge in [-0.25, -0.2) is 19.4 Å². The summed E-state index contributed by atoms with van der Waals surface area (Å²) in [4.78, 5) is 18.3. The first-order valence-electron chi connectivity index (χ1n) is 9.26. The van der Waals surface area contributed by atoms with E-state index in [4.69, 9.17) is 10.1 Å². The van der Waals surface area contributed by atoms with Crippen LogP contribution >= 0.6 is 0 Å². The number of nitrogens with one attached hydrogen (secondary N) is 2. The standard InChI is InChI=1S/C21H21FN6O/c1-13-26-18(15-5-3-4-6-17(15)22)19(27-13)20(25-12-23)28-10-8-14-7-9-24-21(29-2)16(14)11-28/h3-7,9,12,23H,8,10-11H2,1-2H3,(H,26,27). The Hall–Kier alpha value is -3.55. The van der Waals surface area contributed by atoms with Gasteiger partial charge in [-0.1, -0.05) is 12.1 Å². The number of aromatic amines is 1. The number of aliphatic imine (C=N–C) groups is 1. The minimum absolute atomic E-state index is 0.357. The van der Waals surface area contributed by atoms with Gasteiger partial charge in [-0.05, 0) is 37.1 Å². The average Bonchev–Trinajstić information content (AvgIpc) is 3.12. The second kappa shape index (κ2) is 7.83. The number of benzene rings is 1. The van der Waals surface area contributed by atoms with Crippen LogP contribution in [-0.4, -0.2) is 45.7 Å². The highest BCUT2D eigenvalue weighted by Gasteiger charge is 2.27. The quantitative estimate of drug-likeness (QED) is 0.526. The molecule has 0 amide bonds. The van der Waals surface area contributed by atoms with E-state index < -0.39 is 0 Å². The van der Waals surface area contributed by atoms with Crippen LogP contribution < -0.4 is 4.74 Å². The topological polar surface area (TPSA) is 90.2 Å². The summed E-state index contributed by atoms with van der Waals surface area (Å²) in [6.07, 6.45) is 3.52. The number of fused-ring (bicyclic) bond motifs is 1. The van der Waals surface area contributed by atoms with Crippen molar-refractivity contribution in [2.45, 2.75) is 19.9 Å². The molecule has 7 nitrogen and oxygen atoms in total. The third kappa shape index (κ3) is 3.49. The highest BCUT2D eigenvalue weighted by Crippen LogP contribution is 2.30. The van der Waals surface area contributed by atoms with E-state index in [2.05, 4.69) is 19.9 Å². The van der Waals surface area contributed by atoms with Crippen molar-refractivity contribution in [3.8, 4) is 17.1 Å². The van der Waals surface area contributed by atoms with Gasteiger partial charge in [0.2, 0.25) is 5.88 Å². The van der Waals surface area contributed by atoms with Gasteiger partial charge in [-0.15, -0.1) is 0 Å². The molecule has 1 aliphatic rings. The van der Waals surface area contributed by atoms with Crippen molar-refractivity contribution in [2.75, 3.05) is 13.7 Å². The van der Waals surface area contributed by atoms with Gasteiger partial charge in [-0.3, -0.25) is 5.41 Å². The highest BCUT2D eigenvalue weighted by molar-refractivity contribution is 6.05. The second-order valence-corrected chi connectivity index (χ2v) is 6.74. The monoisotopic (exact) mass is 392 g/mol. The number of pyridine rings is 1. The van der Waals surface area contributed by atoms with Crippen LogP contribution in [0.5, 0.6) is 5.88 Å². The molecular formula is C21H21FN6O. The number of hydrogen-bond acceptors (Lipinski definition) is 4. The Morgan fingerprint density at radius 1 is 1.34 bits per heavy atom. The lowest BCUT2D eigenvalue weighted by atomic mass is 10.0. The molecule has 1 aliphatic heterocycles. The first-order chi connectivity index (χ1) is 14.1. The molecule has 0 saturated carbocycles. The molecule has 0 fully saturated rings. The van der Waals surface area contributed by atoms with Crippen LogP contribution in [-0.2, 0) is 13.0 Å². The number of imidazole rings is 1. The maximum absolute atomic E-state index is 14.5. The molecule has 2 N–H and O–H groups in total. The van der Waals surface area contributed by atoms with Crippen molar-refractivity contribution in [3.63, 3.8) is 0 Å². The first-order valence-corrected chi connectivity index (χ1v) is 9.26. The summed E-state index contributed by atoms with van der Waals surface area (Å²) >= 11 is 0. The van der Waals surface area contributed by atoms with Crippen molar-refractivity contribution < 1.29 is 9.13 Å². The lowest BCUT2D eigenvalue weighted by Crippen LogP contribution is -2.37. The van der Waals surface area contributed by atoms with Gasteiger partial charge in [-0.2, -0.15) is 0 Å². The third-order valence-corrected chi connectivity index (χ3v) is 4.97. The molecule has 0 saturated heterocycles. The molecule has 3 heterocycles. The van der Waals surface area contributed by atoms with E-state index >= 15 is 0 Å².